The van der Waals surface area contributed by atoms with Crippen LogP contribution in [0.1, 0.15) is 24.6 Å². The Kier molecular flexibility index (Phi) is 4.98. The Hall–Kier alpha value is -0.420. The second kappa shape index (κ2) is 6.50. The van der Waals surface area contributed by atoms with E-state index in [2.05, 4.69) is 12.2 Å². The third kappa shape index (κ3) is 4.39. The maximum absolute atomic E-state index is 9.73. The van der Waals surface area contributed by atoms with Gasteiger partial charge in [0.15, 0.2) is 0 Å². The lowest BCUT2D eigenvalue weighted by molar-refractivity contribution is 0.0295. The molecule has 1 aliphatic carbocycles. The van der Waals surface area contributed by atoms with Gasteiger partial charge in [0.2, 0.25) is 0 Å². The van der Waals surface area contributed by atoms with Crippen molar-refractivity contribution in [2.24, 2.45) is 5.92 Å². The van der Waals surface area contributed by atoms with E-state index in [9.17, 15) is 5.11 Å². The number of aliphatic hydroxyl groups excluding tert-OH is 1. The Balaban J connectivity index is 1.51. The molecule has 0 radical (unpaired) electrons. The topological polar surface area (TPSA) is 41.5 Å². The summed E-state index contributed by atoms with van der Waals surface area (Å²) in [7, 11) is 0. The molecule has 1 fully saturated rings. The van der Waals surface area contributed by atoms with E-state index in [0.29, 0.717) is 25.8 Å². The van der Waals surface area contributed by atoms with Crippen LogP contribution in [0.4, 0.5) is 0 Å². The van der Waals surface area contributed by atoms with Crippen LogP contribution in [0.25, 0.3) is 0 Å². The van der Waals surface area contributed by atoms with E-state index in [-0.39, 0.29) is 0 Å². The number of ether oxygens (including phenoxy) is 1. The van der Waals surface area contributed by atoms with Crippen LogP contribution in [-0.4, -0.2) is 30.4 Å². The van der Waals surface area contributed by atoms with Gasteiger partial charge in [-0.3, -0.25) is 0 Å². The molecule has 1 aromatic heterocycles. The molecule has 0 saturated heterocycles. The van der Waals surface area contributed by atoms with Gasteiger partial charge >= 0.3 is 0 Å². The molecule has 0 bridgehead atoms. The van der Waals surface area contributed by atoms with E-state index in [4.69, 9.17) is 4.74 Å². The van der Waals surface area contributed by atoms with Crippen LogP contribution >= 0.6 is 11.3 Å². The van der Waals surface area contributed by atoms with Gasteiger partial charge in [0, 0.05) is 17.5 Å². The Morgan fingerprint density at radius 1 is 1.65 bits per heavy atom. The largest absolute Gasteiger partial charge is 0.389 e. The number of thiophene rings is 1. The predicted octanol–water partition coefficient (Wildman–Crippen LogP) is 2.01. The van der Waals surface area contributed by atoms with Crippen LogP contribution in [0, 0.1) is 5.92 Å². The Bertz CT molecular complexity index is 315. The van der Waals surface area contributed by atoms with Crippen molar-refractivity contribution in [2.75, 3.05) is 13.2 Å². The molecule has 1 saturated carbocycles. The first kappa shape index (κ1) is 13.0. The standard InChI is InChI=1S/C13H21NO2S/c1-2-10-6-13(10)14-7-11(15)8-16-9-12-4-3-5-17-12/h3-5,10-11,13-15H,2,6-9H2,1H3. The molecule has 0 spiro atoms. The normalized spacial score (nSPS) is 24.8. The minimum atomic E-state index is -0.395. The van der Waals surface area contributed by atoms with Gasteiger partial charge in [0.1, 0.15) is 0 Å². The first-order valence-electron chi connectivity index (χ1n) is 6.31. The first-order chi connectivity index (χ1) is 8.29. The summed E-state index contributed by atoms with van der Waals surface area (Å²) in [6, 6.07) is 4.69. The van der Waals surface area contributed by atoms with Crippen LogP contribution < -0.4 is 5.32 Å². The van der Waals surface area contributed by atoms with Gasteiger partial charge in [-0.25, -0.2) is 0 Å². The van der Waals surface area contributed by atoms with Crippen LogP contribution in [0.5, 0.6) is 0 Å². The zero-order valence-corrected chi connectivity index (χ0v) is 11.1. The molecule has 1 aromatic rings. The minimum Gasteiger partial charge on any atom is -0.389 e. The summed E-state index contributed by atoms with van der Waals surface area (Å²) in [5.74, 6) is 0.828. The summed E-state index contributed by atoms with van der Waals surface area (Å²) >= 11 is 1.68. The van der Waals surface area contributed by atoms with Gasteiger partial charge < -0.3 is 15.2 Å². The van der Waals surface area contributed by atoms with Crippen molar-refractivity contribution in [1.82, 2.24) is 5.32 Å². The van der Waals surface area contributed by atoms with Crippen molar-refractivity contribution in [1.29, 1.82) is 0 Å². The molecule has 1 aliphatic rings. The maximum Gasteiger partial charge on any atom is 0.0897 e. The molecular formula is C13H21NO2S. The van der Waals surface area contributed by atoms with Crippen molar-refractivity contribution < 1.29 is 9.84 Å². The molecule has 3 unspecified atom stereocenters. The molecule has 4 heteroatoms. The molecular weight excluding hydrogens is 234 g/mol. The fraction of sp³-hybridized carbons (Fsp3) is 0.692. The lowest BCUT2D eigenvalue weighted by Gasteiger charge is -2.11. The molecule has 3 nitrogen and oxygen atoms in total. The first-order valence-corrected chi connectivity index (χ1v) is 7.19. The molecule has 1 heterocycles. The number of aliphatic hydroxyl groups is 1. The van der Waals surface area contributed by atoms with Gasteiger partial charge in [0.05, 0.1) is 19.3 Å². The van der Waals surface area contributed by atoms with Crippen molar-refractivity contribution in [3.63, 3.8) is 0 Å². The summed E-state index contributed by atoms with van der Waals surface area (Å²) in [5, 5.41) is 15.1. The quantitative estimate of drug-likeness (QED) is 0.746. The number of hydrogen-bond acceptors (Lipinski definition) is 4. The second-order valence-corrected chi connectivity index (χ2v) is 5.70. The lowest BCUT2D eigenvalue weighted by atomic mass is 10.3. The molecule has 0 amide bonds. The van der Waals surface area contributed by atoms with Gasteiger partial charge in [-0.15, -0.1) is 11.3 Å². The predicted molar refractivity (Wildman–Crippen MR) is 70.2 cm³/mol. The highest BCUT2D eigenvalue weighted by Crippen LogP contribution is 2.32. The lowest BCUT2D eigenvalue weighted by Crippen LogP contribution is -2.32. The maximum atomic E-state index is 9.73. The SMILES string of the molecule is CCC1CC1NCC(O)COCc1cccs1. The highest BCUT2D eigenvalue weighted by molar-refractivity contribution is 7.09. The van der Waals surface area contributed by atoms with Crippen LogP contribution in [-0.2, 0) is 11.3 Å². The molecule has 96 valence electrons. The summed E-state index contributed by atoms with van der Waals surface area (Å²) in [4.78, 5) is 1.21. The smallest absolute Gasteiger partial charge is 0.0897 e. The van der Waals surface area contributed by atoms with Crippen LogP contribution in [0.15, 0.2) is 17.5 Å². The monoisotopic (exact) mass is 255 g/mol. The van der Waals surface area contributed by atoms with Gasteiger partial charge in [-0.1, -0.05) is 19.4 Å². The van der Waals surface area contributed by atoms with E-state index in [1.54, 1.807) is 11.3 Å². The second-order valence-electron chi connectivity index (χ2n) is 4.67. The van der Waals surface area contributed by atoms with E-state index in [0.717, 1.165) is 5.92 Å². The molecule has 2 N–H and O–H groups in total. The zero-order chi connectivity index (χ0) is 12.1. The van der Waals surface area contributed by atoms with Crippen LogP contribution in [0.3, 0.4) is 0 Å². The minimum absolute atomic E-state index is 0.395. The van der Waals surface area contributed by atoms with Gasteiger partial charge in [-0.05, 0) is 23.8 Å². The number of hydrogen-bond donors (Lipinski definition) is 2. The summed E-state index contributed by atoms with van der Waals surface area (Å²) in [6.07, 6.45) is 2.11. The average molecular weight is 255 g/mol. The third-order valence-corrected chi connectivity index (χ3v) is 4.05. The van der Waals surface area contributed by atoms with Crippen molar-refractivity contribution in [2.45, 2.75) is 38.5 Å². The van der Waals surface area contributed by atoms with Crippen molar-refractivity contribution in [3.8, 4) is 0 Å². The van der Waals surface area contributed by atoms with E-state index in [1.807, 2.05) is 17.5 Å². The third-order valence-electron chi connectivity index (χ3n) is 3.20. The highest BCUT2D eigenvalue weighted by atomic mass is 32.1. The fourth-order valence-corrected chi connectivity index (χ4v) is 2.63. The van der Waals surface area contributed by atoms with E-state index in [1.165, 1.54) is 17.7 Å². The molecule has 0 aliphatic heterocycles. The van der Waals surface area contributed by atoms with Crippen molar-refractivity contribution in [3.05, 3.63) is 22.4 Å². The van der Waals surface area contributed by atoms with E-state index < -0.39 is 6.10 Å². The van der Waals surface area contributed by atoms with Gasteiger partial charge in [-0.2, -0.15) is 0 Å². The molecule has 0 aromatic carbocycles. The summed E-state index contributed by atoms with van der Waals surface area (Å²) in [5.41, 5.74) is 0. The van der Waals surface area contributed by atoms with Crippen molar-refractivity contribution >= 4 is 11.3 Å². The van der Waals surface area contributed by atoms with Crippen LogP contribution in [0.2, 0.25) is 0 Å². The average Bonchev–Trinajstić information content (AvgIpc) is 2.91. The number of rotatable bonds is 8. The molecule has 2 rings (SSSR count). The summed E-state index contributed by atoms with van der Waals surface area (Å²) in [6.45, 7) is 3.88. The Morgan fingerprint density at radius 2 is 2.53 bits per heavy atom. The Morgan fingerprint density at radius 3 is 3.18 bits per heavy atom. The van der Waals surface area contributed by atoms with Gasteiger partial charge in [0.25, 0.3) is 0 Å². The molecule has 17 heavy (non-hydrogen) atoms. The van der Waals surface area contributed by atoms with E-state index >= 15 is 0 Å². The highest BCUT2D eigenvalue weighted by Gasteiger charge is 2.34. The number of nitrogens with one attached hydrogen (secondary N) is 1. The zero-order valence-electron chi connectivity index (χ0n) is 10.3. The molecule has 3 atom stereocenters. The summed E-state index contributed by atoms with van der Waals surface area (Å²) < 4.78 is 5.47. The Labute approximate surface area is 107 Å². The fourth-order valence-electron chi connectivity index (χ4n) is 1.99.